The molecule has 2 rings (SSSR count). The zero-order valence-corrected chi connectivity index (χ0v) is 7.75. The van der Waals surface area contributed by atoms with E-state index in [0.717, 1.165) is 19.7 Å². The van der Waals surface area contributed by atoms with Gasteiger partial charge in [0.25, 0.3) is 0 Å². The Kier molecular flexibility index (Phi) is 2.10. The van der Waals surface area contributed by atoms with Crippen molar-refractivity contribution < 1.29 is 4.84 Å². The van der Waals surface area contributed by atoms with E-state index in [4.69, 9.17) is 10.6 Å². The van der Waals surface area contributed by atoms with Crippen LogP contribution in [-0.2, 0) is 4.84 Å². The summed E-state index contributed by atoms with van der Waals surface area (Å²) < 4.78 is 0. The van der Waals surface area contributed by atoms with Crippen LogP contribution in [0.2, 0.25) is 0 Å². The lowest BCUT2D eigenvalue weighted by Crippen LogP contribution is -2.55. The van der Waals surface area contributed by atoms with E-state index >= 15 is 0 Å². The quantitative estimate of drug-likeness (QED) is 0.664. The second kappa shape index (κ2) is 2.98. The lowest BCUT2D eigenvalue weighted by Gasteiger charge is -2.47. The van der Waals surface area contributed by atoms with Crippen LogP contribution >= 0.6 is 0 Å². The molecule has 2 aliphatic rings. The molecule has 0 aromatic rings. The number of rotatable bonds is 2. The highest BCUT2D eigenvalue weighted by atomic mass is 16.7. The Labute approximate surface area is 73.8 Å². The summed E-state index contributed by atoms with van der Waals surface area (Å²) in [6.45, 7) is 5.04. The largest absolute Gasteiger partial charge is 0.328 e. The minimum Gasteiger partial charge on any atom is -0.328 e. The first-order valence-corrected chi connectivity index (χ1v) is 4.87. The van der Waals surface area contributed by atoms with Crippen molar-refractivity contribution in [3.63, 3.8) is 0 Å². The minimum atomic E-state index is 0.453. The van der Waals surface area contributed by atoms with Crippen molar-refractivity contribution >= 4 is 0 Å². The minimum absolute atomic E-state index is 0.453. The summed E-state index contributed by atoms with van der Waals surface area (Å²) in [5, 5.41) is 2.07. The lowest BCUT2D eigenvalue weighted by atomic mass is 9.79. The Morgan fingerprint density at radius 1 is 1.58 bits per heavy atom. The normalized spacial score (nSPS) is 34.0. The zero-order chi connectivity index (χ0) is 8.60. The Hall–Kier alpha value is -0.120. The SMILES string of the molecule is CCON1CC2(CC[C@@H](N)C2)C1. The molecule has 0 bridgehead atoms. The highest BCUT2D eigenvalue weighted by molar-refractivity contribution is 4.99. The van der Waals surface area contributed by atoms with Crippen LogP contribution in [0.4, 0.5) is 0 Å². The van der Waals surface area contributed by atoms with Crippen LogP contribution in [0.1, 0.15) is 26.2 Å². The van der Waals surface area contributed by atoms with E-state index in [1.54, 1.807) is 0 Å². The van der Waals surface area contributed by atoms with Gasteiger partial charge >= 0.3 is 0 Å². The molecule has 12 heavy (non-hydrogen) atoms. The predicted octanol–water partition coefficient (Wildman–Crippen LogP) is 0.751. The molecule has 0 unspecified atom stereocenters. The van der Waals surface area contributed by atoms with Crippen LogP contribution < -0.4 is 5.73 Å². The van der Waals surface area contributed by atoms with E-state index in [0.29, 0.717) is 11.5 Å². The molecule has 1 saturated heterocycles. The van der Waals surface area contributed by atoms with Gasteiger partial charge in [0.05, 0.1) is 6.61 Å². The third-order valence-electron chi connectivity index (χ3n) is 3.08. The van der Waals surface area contributed by atoms with E-state index in [1.807, 2.05) is 6.92 Å². The molecule has 3 nitrogen and oxygen atoms in total. The van der Waals surface area contributed by atoms with E-state index in [-0.39, 0.29) is 0 Å². The monoisotopic (exact) mass is 170 g/mol. The maximum Gasteiger partial charge on any atom is 0.0656 e. The van der Waals surface area contributed by atoms with Crippen molar-refractivity contribution in [3.8, 4) is 0 Å². The number of nitrogens with zero attached hydrogens (tertiary/aromatic N) is 1. The third-order valence-corrected chi connectivity index (χ3v) is 3.08. The third kappa shape index (κ3) is 1.37. The molecule has 0 aromatic heterocycles. The molecule has 0 aromatic carbocycles. The first-order chi connectivity index (χ1) is 5.74. The van der Waals surface area contributed by atoms with E-state index in [9.17, 15) is 0 Å². The predicted molar refractivity (Wildman–Crippen MR) is 47.5 cm³/mol. The lowest BCUT2D eigenvalue weighted by molar-refractivity contribution is -0.245. The van der Waals surface area contributed by atoms with Gasteiger partial charge in [-0.2, -0.15) is 5.06 Å². The highest BCUT2D eigenvalue weighted by Gasteiger charge is 2.47. The fourth-order valence-electron chi connectivity index (χ4n) is 2.51. The average molecular weight is 170 g/mol. The molecule has 1 heterocycles. The maximum atomic E-state index is 5.88. The molecule has 2 N–H and O–H groups in total. The van der Waals surface area contributed by atoms with E-state index in [1.165, 1.54) is 19.3 Å². The van der Waals surface area contributed by atoms with E-state index in [2.05, 4.69) is 5.06 Å². The van der Waals surface area contributed by atoms with Crippen molar-refractivity contribution in [3.05, 3.63) is 0 Å². The molecule has 0 amide bonds. The van der Waals surface area contributed by atoms with E-state index < -0.39 is 0 Å². The molecule has 0 radical (unpaired) electrons. The summed E-state index contributed by atoms with van der Waals surface area (Å²) >= 11 is 0. The second-order valence-corrected chi connectivity index (χ2v) is 4.22. The van der Waals surface area contributed by atoms with Crippen molar-refractivity contribution in [2.75, 3.05) is 19.7 Å². The summed E-state index contributed by atoms with van der Waals surface area (Å²) in [5.74, 6) is 0. The van der Waals surface area contributed by atoms with Crippen LogP contribution in [0, 0.1) is 5.41 Å². The topological polar surface area (TPSA) is 38.5 Å². The molecule has 1 aliphatic heterocycles. The molecular weight excluding hydrogens is 152 g/mol. The van der Waals surface area contributed by atoms with Crippen LogP contribution in [-0.4, -0.2) is 30.8 Å². The van der Waals surface area contributed by atoms with Gasteiger partial charge in [-0.1, -0.05) is 0 Å². The number of hydroxylamine groups is 2. The number of hydrogen-bond acceptors (Lipinski definition) is 3. The number of hydrogen-bond donors (Lipinski definition) is 1. The van der Waals surface area contributed by atoms with Gasteiger partial charge in [-0.15, -0.1) is 0 Å². The molecular formula is C9H18N2O. The first-order valence-electron chi connectivity index (χ1n) is 4.87. The van der Waals surface area contributed by atoms with Crippen LogP contribution in [0.25, 0.3) is 0 Å². The van der Waals surface area contributed by atoms with Crippen LogP contribution in [0.5, 0.6) is 0 Å². The van der Waals surface area contributed by atoms with Gasteiger partial charge in [-0.05, 0) is 26.2 Å². The molecule has 1 saturated carbocycles. The Morgan fingerprint density at radius 3 is 2.83 bits per heavy atom. The van der Waals surface area contributed by atoms with Crippen LogP contribution in [0.15, 0.2) is 0 Å². The fourth-order valence-corrected chi connectivity index (χ4v) is 2.51. The summed E-state index contributed by atoms with van der Waals surface area (Å²) in [5.41, 5.74) is 6.42. The van der Waals surface area contributed by atoms with Crippen molar-refractivity contribution in [1.29, 1.82) is 0 Å². The smallest absolute Gasteiger partial charge is 0.0656 e. The summed E-state index contributed by atoms with van der Waals surface area (Å²) in [6.07, 6.45) is 3.72. The van der Waals surface area contributed by atoms with Gasteiger partial charge in [-0.3, -0.25) is 4.84 Å². The second-order valence-electron chi connectivity index (χ2n) is 4.22. The van der Waals surface area contributed by atoms with Gasteiger partial charge in [0.15, 0.2) is 0 Å². The molecule has 3 heteroatoms. The average Bonchev–Trinajstić information content (AvgIpc) is 2.31. The summed E-state index contributed by atoms with van der Waals surface area (Å²) in [4.78, 5) is 5.39. The van der Waals surface area contributed by atoms with Crippen molar-refractivity contribution in [2.24, 2.45) is 11.1 Å². The van der Waals surface area contributed by atoms with Crippen molar-refractivity contribution in [2.45, 2.75) is 32.2 Å². The van der Waals surface area contributed by atoms with Gasteiger partial charge < -0.3 is 5.73 Å². The molecule has 70 valence electrons. The fraction of sp³-hybridized carbons (Fsp3) is 1.00. The van der Waals surface area contributed by atoms with Gasteiger partial charge in [0, 0.05) is 24.5 Å². The summed E-state index contributed by atoms with van der Waals surface area (Å²) in [7, 11) is 0. The van der Waals surface area contributed by atoms with Gasteiger partial charge in [0.1, 0.15) is 0 Å². The molecule has 2 fully saturated rings. The summed E-state index contributed by atoms with van der Waals surface area (Å²) in [6, 6.07) is 0.453. The highest BCUT2D eigenvalue weighted by Crippen LogP contribution is 2.44. The zero-order valence-electron chi connectivity index (χ0n) is 7.75. The maximum absolute atomic E-state index is 5.88. The molecule has 1 atom stereocenters. The van der Waals surface area contributed by atoms with Gasteiger partial charge in [-0.25, -0.2) is 0 Å². The Morgan fingerprint density at radius 2 is 2.33 bits per heavy atom. The molecule has 1 aliphatic carbocycles. The Bertz CT molecular complexity index is 166. The molecule has 1 spiro atoms. The Balaban J connectivity index is 1.79. The first kappa shape index (κ1) is 8.48. The standard InChI is InChI=1S/C9H18N2O/c1-2-12-11-6-9(7-11)4-3-8(10)5-9/h8H,2-7,10H2,1H3/t8-/m1/s1. The van der Waals surface area contributed by atoms with Crippen LogP contribution in [0.3, 0.4) is 0 Å². The number of nitrogens with two attached hydrogens (primary N) is 1. The van der Waals surface area contributed by atoms with Gasteiger partial charge in [0.2, 0.25) is 0 Å². The van der Waals surface area contributed by atoms with Crippen molar-refractivity contribution in [1.82, 2.24) is 5.06 Å².